The van der Waals surface area contributed by atoms with Crippen molar-refractivity contribution in [2.75, 3.05) is 11.9 Å². The fraction of sp³-hybridized carbons (Fsp3) is 0.444. The van der Waals surface area contributed by atoms with Gasteiger partial charge in [0.2, 0.25) is 11.8 Å². The van der Waals surface area contributed by atoms with Crippen LogP contribution < -0.4 is 10.6 Å². The van der Waals surface area contributed by atoms with Crippen LogP contribution in [0.3, 0.4) is 0 Å². The van der Waals surface area contributed by atoms with Crippen LogP contribution in [0, 0.1) is 5.41 Å². The Kier molecular flexibility index (Phi) is 5.53. The molecule has 1 rings (SSSR count). The number of hydrogen-bond donors (Lipinski definition) is 2. The van der Waals surface area contributed by atoms with Gasteiger partial charge in [-0.1, -0.05) is 45.0 Å². The van der Waals surface area contributed by atoms with E-state index in [4.69, 9.17) is 0 Å². The fourth-order valence-corrected chi connectivity index (χ4v) is 2.01. The number of anilines is 1. The molecule has 0 aliphatic rings. The van der Waals surface area contributed by atoms with E-state index >= 15 is 0 Å². The lowest BCUT2D eigenvalue weighted by molar-refractivity contribution is -0.138. The van der Waals surface area contributed by atoms with Gasteiger partial charge in [-0.05, 0) is 30.9 Å². The fourth-order valence-electron chi connectivity index (χ4n) is 2.01. The zero-order valence-electron chi connectivity index (χ0n) is 14.1. The van der Waals surface area contributed by atoms with Gasteiger partial charge in [-0.15, -0.1) is 6.58 Å². The molecule has 22 heavy (non-hydrogen) atoms. The molecule has 0 spiro atoms. The van der Waals surface area contributed by atoms with Crippen LogP contribution in [0.4, 0.5) is 5.69 Å². The first-order chi connectivity index (χ1) is 10.1. The summed E-state index contributed by atoms with van der Waals surface area (Å²) in [6.07, 6.45) is 1.58. The Morgan fingerprint density at radius 3 is 2.23 bits per heavy atom. The molecule has 120 valence electrons. The zero-order valence-corrected chi connectivity index (χ0v) is 14.1. The van der Waals surface area contributed by atoms with Crippen molar-refractivity contribution >= 4 is 17.5 Å². The molecule has 0 aliphatic heterocycles. The van der Waals surface area contributed by atoms with Gasteiger partial charge < -0.3 is 10.6 Å². The number of amides is 2. The third-order valence-electron chi connectivity index (χ3n) is 3.53. The topological polar surface area (TPSA) is 58.2 Å². The molecule has 0 aromatic heterocycles. The lowest BCUT2D eigenvalue weighted by Gasteiger charge is -2.26. The molecule has 0 bridgehead atoms. The lowest BCUT2D eigenvalue weighted by atomic mass is 9.85. The lowest BCUT2D eigenvalue weighted by Crippen LogP contribution is -2.45. The summed E-state index contributed by atoms with van der Waals surface area (Å²) in [6.45, 7) is 13.4. The summed E-state index contributed by atoms with van der Waals surface area (Å²) in [6, 6.07) is 7.66. The molecule has 0 saturated carbocycles. The van der Waals surface area contributed by atoms with Crippen LogP contribution in [0.2, 0.25) is 0 Å². The van der Waals surface area contributed by atoms with E-state index in [0.29, 0.717) is 6.54 Å². The van der Waals surface area contributed by atoms with Gasteiger partial charge in [0.15, 0.2) is 0 Å². The van der Waals surface area contributed by atoms with Crippen molar-refractivity contribution < 1.29 is 9.59 Å². The first-order valence-electron chi connectivity index (χ1n) is 7.41. The number of benzene rings is 1. The van der Waals surface area contributed by atoms with Gasteiger partial charge in [-0.25, -0.2) is 0 Å². The standard InChI is InChI=1S/C18H26N2O2/c1-7-12-19-15(21)18(5,6)16(22)20-14-11-9-8-10-13(14)17(2,3)4/h7-11H,1,12H2,2-6H3,(H,19,21)(H,20,22). The highest BCUT2D eigenvalue weighted by molar-refractivity contribution is 6.10. The van der Waals surface area contributed by atoms with Crippen LogP contribution in [-0.2, 0) is 15.0 Å². The van der Waals surface area contributed by atoms with Crippen LogP contribution in [0.1, 0.15) is 40.2 Å². The van der Waals surface area contributed by atoms with Crippen molar-refractivity contribution in [2.24, 2.45) is 5.41 Å². The highest BCUT2D eigenvalue weighted by atomic mass is 16.2. The van der Waals surface area contributed by atoms with Crippen molar-refractivity contribution in [1.82, 2.24) is 5.32 Å². The van der Waals surface area contributed by atoms with Crippen LogP contribution in [0.25, 0.3) is 0 Å². The molecule has 0 aliphatic carbocycles. The van der Waals surface area contributed by atoms with Crippen molar-refractivity contribution in [3.63, 3.8) is 0 Å². The second-order valence-electron chi connectivity index (χ2n) is 6.87. The summed E-state index contributed by atoms with van der Waals surface area (Å²) >= 11 is 0. The van der Waals surface area contributed by atoms with Crippen LogP contribution in [-0.4, -0.2) is 18.4 Å². The van der Waals surface area contributed by atoms with E-state index < -0.39 is 5.41 Å². The summed E-state index contributed by atoms with van der Waals surface area (Å²) in [4.78, 5) is 24.6. The van der Waals surface area contributed by atoms with E-state index in [1.54, 1.807) is 19.9 Å². The van der Waals surface area contributed by atoms with Crippen LogP contribution >= 0.6 is 0 Å². The van der Waals surface area contributed by atoms with Gasteiger partial charge in [-0.2, -0.15) is 0 Å². The molecule has 2 N–H and O–H groups in total. The SMILES string of the molecule is C=CCNC(=O)C(C)(C)C(=O)Nc1ccccc1C(C)(C)C. The Balaban J connectivity index is 2.98. The second-order valence-corrected chi connectivity index (χ2v) is 6.87. The normalized spacial score (nSPS) is 11.7. The number of nitrogens with one attached hydrogen (secondary N) is 2. The molecule has 0 saturated heterocycles. The Morgan fingerprint density at radius 2 is 1.68 bits per heavy atom. The van der Waals surface area contributed by atoms with Gasteiger partial charge >= 0.3 is 0 Å². The molecule has 0 fully saturated rings. The Hall–Kier alpha value is -2.10. The summed E-state index contributed by atoms with van der Waals surface area (Å²) < 4.78 is 0. The molecule has 2 amide bonds. The van der Waals surface area contributed by atoms with Gasteiger partial charge in [0, 0.05) is 12.2 Å². The van der Waals surface area contributed by atoms with Crippen molar-refractivity contribution in [3.05, 3.63) is 42.5 Å². The van der Waals surface area contributed by atoms with E-state index in [-0.39, 0.29) is 17.2 Å². The minimum atomic E-state index is -1.16. The van der Waals surface area contributed by atoms with E-state index in [0.717, 1.165) is 11.3 Å². The summed E-state index contributed by atoms with van der Waals surface area (Å²) in [5, 5.41) is 5.56. The number of para-hydroxylation sites is 1. The Labute approximate surface area is 133 Å². The number of rotatable bonds is 5. The quantitative estimate of drug-likeness (QED) is 0.648. The maximum absolute atomic E-state index is 12.5. The third kappa shape index (κ3) is 4.20. The Morgan fingerprint density at radius 1 is 1.09 bits per heavy atom. The maximum atomic E-state index is 12.5. The molecule has 0 heterocycles. The summed E-state index contributed by atoms with van der Waals surface area (Å²) in [5.74, 6) is -0.649. The monoisotopic (exact) mass is 302 g/mol. The van der Waals surface area contributed by atoms with E-state index in [1.807, 2.05) is 24.3 Å². The van der Waals surface area contributed by atoms with Gasteiger partial charge in [-0.3, -0.25) is 9.59 Å². The number of carbonyl (C=O) groups excluding carboxylic acids is 2. The van der Waals surface area contributed by atoms with Crippen molar-refractivity contribution in [2.45, 2.75) is 40.0 Å². The van der Waals surface area contributed by atoms with Crippen molar-refractivity contribution in [1.29, 1.82) is 0 Å². The molecular formula is C18H26N2O2. The number of carbonyl (C=O) groups is 2. The average Bonchev–Trinajstić information content (AvgIpc) is 2.43. The second kappa shape index (κ2) is 6.77. The first kappa shape index (κ1) is 18.0. The van der Waals surface area contributed by atoms with E-state index in [1.165, 1.54) is 0 Å². The molecule has 1 aromatic carbocycles. The highest BCUT2D eigenvalue weighted by Crippen LogP contribution is 2.30. The zero-order chi connectivity index (χ0) is 17.0. The minimum Gasteiger partial charge on any atom is -0.352 e. The molecule has 4 nitrogen and oxygen atoms in total. The van der Waals surface area contributed by atoms with Gasteiger partial charge in [0.1, 0.15) is 5.41 Å². The predicted octanol–water partition coefficient (Wildman–Crippen LogP) is 3.25. The van der Waals surface area contributed by atoms with E-state index in [2.05, 4.69) is 38.0 Å². The van der Waals surface area contributed by atoms with Gasteiger partial charge in [0.25, 0.3) is 0 Å². The largest absolute Gasteiger partial charge is 0.352 e. The van der Waals surface area contributed by atoms with Crippen LogP contribution in [0.15, 0.2) is 36.9 Å². The minimum absolute atomic E-state index is 0.0981. The first-order valence-corrected chi connectivity index (χ1v) is 7.41. The Bertz CT molecular complexity index is 569. The van der Waals surface area contributed by atoms with E-state index in [9.17, 15) is 9.59 Å². The van der Waals surface area contributed by atoms with Crippen molar-refractivity contribution in [3.8, 4) is 0 Å². The predicted molar refractivity (Wildman–Crippen MR) is 90.8 cm³/mol. The smallest absolute Gasteiger partial charge is 0.239 e. The molecular weight excluding hydrogens is 276 g/mol. The third-order valence-corrected chi connectivity index (χ3v) is 3.53. The number of hydrogen-bond acceptors (Lipinski definition) is 2. The summed E-state index contributed by atoms with van der Waals surface area (Å²) in [7, 11) is 0. The molecule has 0 unspecified atom stereocenters. The molecule has 0 atom stereocenters. The summed E-state index contributed by atoms with van der Waals surface area (Å²) in [5.41, 5.74) is 0.517. The molecule has 1 aromatic rings. The maximum Gasteiger partial charge on any atom is 0.239 e. The molecule has 4 heteroatoms. The van der Waals surface area contributed by atoms with Crippen LogP contribution in [0.5, 0.6) is 0 Å². The average molecular weight is 302 g/mol. The highest BCUT2D eigenvalue weighted by Gasteiger charge is 2.36. The molecule has 0 radical (unpaired) electrons. The van der Waals surface area contributed by atoms with Gasteiger partial charge in [0.05, 0.1) is 0 Å².